The van der Waals surface area contributed by atoms with Crippen molar-refractivity contribution in [1.82, 2.24) is 4.90 Å². The number of carbonyl (C=O) groups excluding carboxylic acids is 1. The first kappa shape index (κ1) is 20.4. The number of rotatable bonds is 5. The number of thioether (sulfide) groups is 1. The average Bonchev–Trinajstić information content (AvgIpc) is 3.41. The van der Waals surface area contributed by atoms with Crippen LogP contribution in [0.25, 0.3) is 0 Å². The molecule has 3 aliphatic heterocycles. The van der Waals surface area contributed by atoms with Gasteiger partial charge in [-0.15, -0.1) is 0 Å². The zero-order valence-electron chi connectivity index (χ0n) is 16.8. The van der Waals surface area contributed by atoms with E-state index in [4.69, 9.17) is 9.47 Å². The van der Waals surface area contributed by atoms with E-state index < -0.39 is 9.84 Å². The van der Waals surface area contributed by atoms with E-state index in [1.807, 2.05) is 53.4 Å². The minimum absolute atomic E-state index is 0.0897. The monoisotopic (exact) mass is 458 g/mol. The van der Waals surface area contributed by atoms with Gasteiger partial charge in [-0.1, -0.05) is 48.2 Å². The van der Waals surface area contributed by atoms with Crippen LogP contribution in [0.3, 0.4) is 0 Å². The van der Waals surface area contributed by atoms with Crippen LogP contribution < -0.4 is 9.47 Å². The van der Waals surface area contributed by atoms with Crippen LogP contribution in [0, 0.1) is 0 Å². The van der Waals surface area contributed by atoms with E-state index in [1.165, 1.54) is 11.8 Å². The highest BCUT2D eigenvalue weighted by Gasteiger charge is 2.48. The highest BCUT2D eigenvalue weighted by atomic mass is 32.2. The van der Waals surface area contributed by atoms with Gasteiger partial charge >= 0.3 is 0 Å². The molecule has 2 aromatic carbocycles. The Hall–Kier alpha value is -2.52. The Morgan fingerprint density at radius 1 is 1.06 bits per heavy atom. The van der Waals surface area contributed by atoms with Gasteiger partial charge in [0.05, 0.1) is 17.5 Å². The fourth-order valence-corrected chi connectivity index (χ4v) is 8.08. The number of amidine groups is 1. The third-order valence-corrected chi connectivity index (χ3v) is 8.90. The minimum atomic E-state index is -3.09. The second-order valence-electron chi connectivity index (χ2n) is 7.89. The normalized spacial score (nSPS) is 24.5. The van der Waals surface area contributed by atoms with Gasteiger partial charge in [0.25, 0.3) is 0 Å². The van der Waals surface area contributed by atoms with Crippen molar-refractivity contribution in [3.63, 3.8) is 0 Å². The molecule has 0 saturated carbocycles. The molecule has 3 aliphatic rings. The zero-order chi connectivity index (χ0) is 21.4. The number of amides is 1. The van der Waals surface area contributed by atoms with Crippen molar-refractivity contribution < 1.29 is 22.7 Å². The Labute approximate surface area is 185 Å². The molecular formula is C22H22N2O5S2. The van der Waals surface area contributed by atoms with Crippen molar-refractivity contribution in [2.45, 2.75) is 30.7 Å². The van der Waals surface area contributed by atoms with E-state index in [0.29, 0.717) is 36.1 Å². The summed E-state index contributed by atoms with van der Waals surface area (Å²) < 4.78 is 35.2. The molecule has 0 radical (unpaired) electrons. The number of aryl methyl sites for hydroxylation is 1. The zero-order valence-corrected chi connectivity index (χ0v) is 18.4. The van der Waals surface area contributed by atoms with Gasteiger partial charge in [0.15, 0.2) is 26.5 Å². The maximum atomic E-state index is 12.6. The first-order chi connectivity index (χ1) is 15.0. The number of carbonyl (C=O) groups is 1. The molecule has 2 aromatic rings. The second kappa shape index (κ2) is 8.20. The number of hydrogen-bond acceptors (Lipinski definition) is 6. The number of nitrogens with zero attached hydrogens (tertiary/aromatic N) is 2. The summed E-state index contributed by atoms with van der Waals surface area (Å²) in [6, 6.07) is 15.3. The highest BCUT2D eigenvalue weighted by molar-refractivity contribution is 8.15. The average molecular weight is 459 g/mol. The lowest BCUT2D eigenvalue weighted by molar-refractivity contribution is -0.117. The Morgan fingerprint density at radius 3 is 2.71 bits per heavy atom. The molecule has 0 N–H and O–H groups in total. The second-order valence-corrected chi connectivity index (χ2v) is 11.2. The number of fused-ring (bicyclic) bond motifs is 2. The SMILES string of the molecule is O=C(CCc1ccccc1)N=C1S[C@H]2CS(=O)(=O)C[C@H]2N1Cc1ccc2c(c1)OCO2. The predicted molar refractivity (Wildman–Crippen MR) is 119 cm³/mol. The number of ether oxygens (including phenoxy) is 2. The van der Waals surface area contributed by atoms with E-state index in [1.54, 1.807) is 0 Å². The van der Waals surface area contributed by atoms with Crippen molar-refractivity contribution in [1.29, 1.82) is 0 Å². The van der Waals surface area contributed by atoms with Gasteiger partial charge < -0.3 is 14.4 Å². The number of sulfone groups is 1. The quantitative estimate of drug-likeness (QED) is 0.681. The standard InChI is InChI=1S/C22H22N2O5S2/c25-21(9-7-15-4-2-1-3-5-15)23-22-24(17-12-31(26,27)13-20(17)30-22)11-16-6-8-18-19(10-16)29-14-28-18/h1-6,8,10,17,20H,7,9,11-14H2/t17-,20+/m1/s1. The van der Waals surface area contributed by atoms with E-state index in [2.05, 4.69) is 4.99 Å². The van der Waals surface area contributed by atoms with Gasteiger partial charge in [0.2, 0.25) is 12.7 Å². The van der Waals surface area contributed by atoms with E-state index in [-0.39, 0.29) is 35.5 Å². The first-order valence-electron chi connectivity index (χ1n) is 10.1. The van der Waals surface area contributed by atoms with Crippen LogP contribution in [-0.4, -0.2) is 54.0 Å². The van der Waals surface area contributed by atoms with Crippen LogP contribution in [0.15, 0.2) is 53.5 Å². The Balaban J connectivity index is 1.35. The molecule has 2 saturated heterocycles. The number of aliphatic imine (C=N–C) groups is 1. The number of benzene rings is 2. The molecule has 0 unspecified atom stereocenters. The van der Waals surface area contributed by atoms with Crippen LogP contribution in [0.4, 0.5) is 0 Å². The minimum Gasteiger partial charge on any atom is -0.454 e. The van der Waals surface area contributed by atoms with Gasteiger partial charge in [0, 0.05) is 18.2 Å². The molecule has 2 fully saturated rings. The maximum absolute atomic E-state index is 12.6. The molecule has 7 nitrogen and oxygen atoms in total. The van der Waals surface area contributed by atoms with Crippen molar-refractivity contribution in [2.24, 2.45) is 4.99 Å². The fourth-order valence-electron chi connectivity index (χ4n) is 4.12. The lowest BCUT2D eigenvalue weighted by Gasteiger charge is -2.24. The molecule has 0 aliphatic carbocycles. The van der Waals surface area contributed by atoms with E-state index in [9.17, 15) is 13.2 Å². The molecule has 1 amide bonds. The van der Waals surface area contributed by atoms with Gasteiger partial charge in [-0.2, -0.15) is 4.99 Å². The Bertz CT molecular complexity index is 1130. The van der Waals surface area contributed by atoms with E-state index >= 15 is 0 Å². The van der Waals surface area contributed by atoms with Crippen LogP contribution in [0.2, 0.25) is 0 Å². The van der Waals surface area contributed by atoms with Gasteiger partial charge in [-0.05, 0) is 29.7 Å². The van der Waals surface area contributed by atoms with Crippen LogP contribution >= 0.6 is 11.8 Å². The smallest absolute Gasteiger partial charge is 0.248 e. The fraction of sp³-hybridized carbons (Fsp3) is 0.364. The molecule has 9 heteroatoms. The molecule has 162 valence electrons. The van der Waals surface area contributed by atoms with Gasteiger partial charge in [-0.25, -0.2) is 8.42 Å². The topological polar surface area (TPSA) is 85.3 Å². The van der Waals surface area contributed by atoms with Crippen molar-refractivity contribution >= 4 is 32.7 Å². The van der Waals surface area contributed by atoms with E-state index in [0.717, 1.165) is 11.1 Å². The van der Waals surface area contributed by atoms with Crippen LogP contribution in [0.5, 0.6) is 11.5 Å². The Kier molecular flexibility index (Phi) is 5.39. The van der Waals surface area contributed by atoms with Crippen molar-refractivity contribution in [2.75, 3.05) is 18.3 Å². The first-order valence-corrected chi connectivity index (χ1v) is 12.8. The van der Waals surface area contributed by atoms with Crippen LogP contribution in [0.1, 0.15) is 17.5 Å². The summed E-state index contributed by atoms with van der Waals surface area (Å²) in [7, 11) is -3.09. The summed E-state index contributed by atoms with van der Waals surface area (Å²) in [4.78, 5) is 18.9. The lowest BCUT2D eigenvalue weighted by atomic mass is 10.1. The third-order valence-electron chi connectivity index (χ3n) is 5.66. The van der Waals surface area contributed by atoms with Gasteiger partial charge in [0.1, 0.15) is 0 Å². The lowest BCUT2D eigenvalue weighted by Crippen LogP contribution is -2.37. The highest BCUT2D eigenvalue weighted by Crippen LogP contribution is 2.40. The molecule has 0 aromatic heterocycles. The summed E-state index contributed by atoms with van der Waals surface area (Å²) in [6.07, 6.45) is 0.948. The Morgan fingerprint density at radius 2 is 1.87 bits per heavy atom. The molecule has 31 heavy (non-hydrogen) atoms. The molecule has 2 atom stereocenters. The number of hydrogen-bond donors (Lipinski definition) is 0. The summed E-state index contributed by atoms with van der Waals surface area (Å²) >= 11 is 1.41. The third kappa shape index (κ3) is 4.43. The molecule has 0 bridgehead atoms. The predicted octanol–water partition coefficient (Wildman–Crippen LogP) is 2.65. The van der Waals surface area contributed by atoms with Crippen LogP contribution in [-0.2, 0) is 27.6 Å². The van der Waals surface area contributed by atoms with Gasteiger partial charge in [-0.3, -0.25) is 4.79 Å². The largest absolute Gasteiger partial charge is 0.454 e. The molecule has 5 rings (SSSR count). The molecule has 3 heterocycles. The molecular weight excluding hydrogens is 436 g/mol. The summed E-state index contributed by atoms with van der Waals surface area (Å²) in [5.74, 6) is 1.40. The molecule has 0 spiro atoms. The summed E-state index contributed by atoms with van der Waals surface area (Å²) in [5.41, 5.74) is 2.05. The van der Waals surface area contributed by atoms with Crippen molar-refractivity contribution in [3.05, 3.63) is 59.7 Å². The maximum Gasteiger partial charge on any atom is 0.248 e. The summed E-state index contributed by atoms with van der Waals surface area (Å²) in [5, 5.41) is 0.514. The van der Waals surface area contributed by atoms with Crippen molar-refractivity contribution in [3.8, 4) is 11.5 Å². The summed E-state index contributed by atoms with van der Waals surface area (Å²) in [6.45, 7) is 0.662.